The van der Waals surface area contributed by atoms with Gasteiger partial charge in [0.25, 0.3) is 0 Å². The van der Waals surface area contributed by atoms with E-state index in [1.165, 1.54) is 23.4 Å². The molecule has 0 unspecified atom stereocenters. The van der Waals surface area contributed by atoms with Gasteiger partial charge in [0, 0.05) is 19.1 Å². The minimum atomic E-state index is -3.21. The molecule has 0 atom stereocenters. The highest BCUT2D eigenvalue weighted by Crippen LogP contribution is 2.18. The van der Waals surface area contributed by atoms with Crippen molar-refractivity contribution >= 4 is 16.1 Å². The van der Waals surface area contributed by atoms with Crippen LogP contribution in [-0.2, 0) is 29.7 Å². The van der Waals surface area contributed by atoms with Gasteiger partial charge in [-0.15, -0.1) is 0 Å². The van der Waals surface area contributed by atoms with Crippen molar-refractivity contribution in [3.63, 3.8) is 0 Å². The van der Waals surface area contributed by atoms with E-state index in [1.807, 2.05) is 10.7 Å². The number of hydrogen-bond donors (Lipinski definition) is 2. The lowest BCUT2D eigenvalue weighted by molar-refractivity contribution is 0.236. The van der Waals surface area contributed by atoms with Crippen LogP contribution in [0.5, 0.6) is 0 Å². The molecule has 2 N–H and O–H groups in total. The summed E-state index contributed by atoms with van der Waals surface area (Å²) in [5.41, 5.74) is 1.62. The molecule has 24 heavy (non-hydrogen) atoms. The van der Waals surface area contributed by atoms with Gasteiger partial charge < -0.3 is 10.6 Å². The highest BCUT2D eigenvalue weighted by Gasteiger charge is 2.23. The standard InChI is InChI=1S/C15H25N5O3S/c1-24(22,23)19-7-4-8-20-14(11-19)9-13(18-20)10-16-15(21)17-12-5-2-3-6-12/h9,12H,2-8,10-11H2,1H3,(H2,16,17,21). The van der Waals surface area contributed by atoms with Gasteiger partial charge in [-0.2, -0.15) is 9.40 Å². The van der Waals surface area contributed by atoms with Crippen molar-refractivity contribution in [3.8, 4) is 0 Å². The molecule has 1 saturated carbocycles. The lowest BCUT2D eigenvalue weighted by Crippen LogP contribution is -2.40. The third-order valence-corrected chi connectivity index (χ3v) is 5.87. The van der Waals surface area contributed by atoms with Crippen molar-refractivity contribution in [1.82, 2.24) is 24.7 Å². The third-order valence-electron chi connectivity index (χ3n) is 4.62. The zero-order valence-electron chi connectivity index (χ0n) is 14.0. The van der Waals surface area contributed by atoms with Crippen LogP contribution in [0.2, 0.25) is 0 Å². The van der Waals surface area contributed by atoms with Crippen LogP contribution in [0.25, 0.3) is 0 Å². The molecule has 3 rings (SSSR count). The van der Waals surface area contributed by atoms with Gasteiger partial charge in [-0.25, -0.2) is 13.2 Å². The SMILES string of the molecule is CS(=O)(=O)N1CCCn2nc(CNC(=O)NC3CCCC3)cc2C1. The molecular weight excluding hydrogens is 330 g/mol. The number of hydrogen-bond acceptors (Lipinski definition) is 4. The van der Waals surface area contributed by atoms with Gasteiger partial charge in [0.1, 0.15) is 0 Å². The Morgan fingerprint density at radius 3 is 2.75 bits per heavy atom. The quantitative estimate of drug-likeness (QED) is 0.834. The Hall–Kier alpha value is -1.61. The molecule has 1 aromatic heterocycles. The number of urea groups is 1. The van der Waals surface area contributed by atoms with Crippen LogP contribution < -0.4 is 10.6 Å². The van der Waals surface area contributed by atoms with E-state index in [1.54, 1.807) is 0 Å². The first-order valence-electron chi connectivity index (χ1n) is 8.47. The van der Waals surface area contributed by atoms with Crippen molar-refractivity contribution in [2.75, 3.05) is 12.8 Å². The molecule has 1 aliphatic heterocycles. The molecule has 2 aliphatic rings. The van der Waals surface area contributed by atoms with Crippen LogP contribution >= 0.6 is 0 Å². The molecule has 2 amide bonds. The molecule has 9 heteroatoms. The highest BCUT2D eigenvalue weighted by atomic mass is 32.2. The van der Waals surface area contributed by atoms with Crippen molar-refractivity contribution in [2.45, 2.75) is 57.8 Å². The zero-order valence-corrected chi connectivity index (χ0v) is 14.8. The van der Waals surface area contributed by atoms with Crippen molar-refractivity contribution < 1.29 is 13.2 Å². The summed E-state index contributed by atoms with van der Waals surface area (Å²) in [5, 5.41) is 10.3. The van der Waals surface area contributed by atoms with E-state index < -0.39 is 10.0 Å². The predicted molar refractivity (Wildman–Crippen MR) is 89.7 cm³/mol. The second kappa shape index (κ2) is 7.10. The molecule has 1 fully saturated rings. The summed E-state index contributed by atoms with van der Waals surface area (Å²) in [5.74, 6) is 0. The van der Waals surface area contributed by atoms with Crippen molar-refractivity contribution in [2.24, 2.45) is 0 Å². The van der Waals surface area contributed by atoms with Crippen LogP contribution in [0, 0.1) is 0 Å². The molecule has 8 nitrogen and oxygen atoms in total. The molecule has 1 aromatic rings. The lowest BCUT2D eigenvalue weighted by Gasteiger charge is -2.16. The summed E-state index contributed by atoms with van der Waals surface area (Å²) >= 11 is 0. The Kier molecular flexibility index (Phi) is 5.09. The van der Waals surface area contributed by atoms with E-state index in [-0.39, 0.29) is 12.1 Å². The molecule has 2 heterocycles. The van der Waals surface area contributed by atoms with Gasteiger partial charge in [0.15, 0.2) is 0 Å². The topological polar surface area (TPSA) is 96.3 Å². The van der Waals surface area contributed by atoms with Gasteiger partial charge in [-0.1, -0.05) is 12.8 Å². The van der Waals surface area contributed by atoms with Gasteiger partial charge in [-0.3, -0.25) is 4.68 Å². The second-order valence-corrected chi connectivity index (χ2v) is 8.59. The third kappa shape index (κ3) is 4.27. The van der Waals surface area contributed by atoms with Crippen LogP contribution in [-0.4, -0.2) is 47.4 Å². The zero-order chi connectivity index (χ0) is 17.2. The highest BCUT2D eigenvalue weighted by molar-refractivity contribution is 7.88. The first-order chi connectivity index (χ1) is 11.4. The van der Waals surface area contributed by atoms with Crippen molar-refractivity contribution in [1.29, 1.82) is 0 Å². The Morgan fingerprint density at radius 2 is 2.04 bits per heavy atom. The normalized spacial score (nSPS) is 19.7. The molecule has 0 spiro atoms. The Labute approximate surface area is 142 Å². The maximum absolute atomic E-state index is 11.9. The van der Waals surface area contributed by atoms with Crippen LogP contribution in [0.1, 0.15) is 43.5 Å². The van der Waals surface area contributed by atoms with Crippen molar-refractivity contribution in [3.05, 3.63) is 17.5 Å². The number of nitrogens with zero attached hydrogens (tertiary/aromatic N) is 3. The summed E-state index contributed by atoms with van der Waals surface area (Å²) in [4.78, 5) is 11.9. The minimum absolute atomic E-state index is 0.164. The van der Waals surface area contributed by atoms with Gasteiger partial charge >= 0.3 is 6.03 Å². The van der Waals surface area contributed by atoms with E-state index in [2.05, 4.69) is 15.7 Å². The lowest BCUT2D eigenvalue weighted by atomic mass is 10.2. The number of carbonyl (C=O) groups is 1. The molecule has 134 valence electrons. The Bertz CT molecular complexity index is 694. The monoisotopic (exact) mass is 355 g/mol. The number of rotatable bonds is 4. The van der Waals surface area contributed by atoms with Crippen LogP contribution in [0.3, 0.4) is 0 Å². The molecule has 0 bridgehead atoms. The van der Waals surface area contributed by atoms with Gasteiger partial charge in [0.05, 0.1) is 30.7 Å². The average Bonchev–Trinajstić information content (AvgIpc) is 3.09. The van der Waals surface area contributed by atoms with E-state index >= 15 is 0 Å². The molecular formula is C15H25N5O3S. The summed E-state index contributed by atoms with van der Waals surface area (Å²) < 4.78 is 26.8. The fourth-order valence-corrected chi connectivity index (χ4v) is 4.17. The average molecular weight is 355 g/mol. The predicted octanol–water partition coefficient (Wildman–Crippen LogP) is 0.790. The molecule has 0 saturated heterocycles. The van der Waals surface area contributed by atoms with E-state index in [4.69, 9.17) is 0 Å². The number of amides is 2. The van der Waals surface area contributed by atoms with Gasteiger partial charge in [0.2, 0.25) is 10.0 Å². The number of nitrogens with one attached hydrogen (secondary N) is 2. The largest absolute Gasteiger partial charge is 0.335 e. The Balaban J connectivity index is 1.57. The smallest absolute Gasteiger partial charge is 0.315 e. The number of carbonyl (C=O) groups excluding carboxylic acids is 1. The second-order valence-electron chi connectivity index (χ2n) is 6.61. The summed E-state index contributed by atoms with van der Waals surface area (Å²) in [6.07, 6.45) is 6.41. The maximum Gasteiger partial charge on any atom is 0.315 e. The minimum Gasteiger partial charge on any atom is -0.335 e. The number of fused-ring (bicyclic) bond motifs is 1. The molecule has 0 aromatic carbocycles. The fourth-order valence-electron chi connectivity index (χ4n) is 3.34. The Morgan fingerprint density at radius 1 is 1.29 bits per heavy atom. The number of aryl methyl sites for hydroxylation is 1. The van der Waals surface area contributed by atoms with Crippen LogP contribution in [0.15, 0.2) is 6.07 Å². The number of sulfonamides is 1. The first kappa shape index (κ1) is 17.2. The van der Waals surface area contributed by atoms with Gasteiger partial charge in [-0.05, 0) is 25.3 Å². The fraction of sp³-hybridized carbons (Fsp3) is 0.733. The molecule has 1 aliphatic carbocycles. The first-order valence-corrected chi connectivity index (χ1v) is 10.3. The van der Waals surface area contributed by atoms with E-state index in [9.17, 15) is 13.2 Å². The summed E-state index contributed by atoms with van der Waals surface area (Å²) in [6, 6.07) is 1.99. The van der Waals surface area contributed by atoms with Crippen LogP contribution in [0.4, 0.5) is 4.79 Å². The summed E-state index contributed by atoms with van der Waals surface area (Å²) in [6.45, 7) is 1.88. The number of aromatic nitrogens is 2. The van der Waals surface area contributed by atoms with E-state index in [0.717, 1.165) is 30.7 Å². The van der Waals surface area contributed by atoms with E-state index in [0.29, 0.717) is 26.2 Å². The molecule has 0 radical (unpaired) electrons. The maximum atomic E-state index is 11.9. The summed E-state index contributed by atoms with van der Waals surface area (Å²) in [7, 11) is -3.21.